The molecule has 0 aromatic rings. The summed E-state index contributed by atoms with van der Waals surface area (Å²) in [7, 11) is -1.87. The molecular weight excluding hydrogens is 425 g/mol. The summed E-state index contributed by atoms with van der Waals surface area (Å²) in [4.78, 5) is 16.1. The molecule has 136 valence electrons. The number of halogens is 1. The predicted molar refractivity (Wildman–Crippen MR) is 94.1 cm³/mol. The van der Waals surface area contributed by atoms with Gasteiger partial charge in [0, 0.05) is 0 Å². The Morgan fingerprint density at radius 2 is 2.38 bits per heavy atom. The van der Waals surface area contributed by atoms with Crippen LogP contribution >= 0.6 is 35.3 Å². The summed E-state index contributed by atoms with van der Waals surface area (Å²) in [6.45, 7) is 0.576. The minimum absolute atomic E-state index is 0.199. The number of nitrogens with two attached hydrogens (primary N) is 1. The number of rotatable bonds is 2. The number of aliphatic imine (C=N–C) groups is 1. The first-order valence-electron chi connectivity index (χ1n) is 7.33. The first kappa shape index (κ1) is 17.1. The van der Waals surface area contributed by atoms with Crippen LogP contribution in [0.4, 0.5) is 0 Å². The van der Waals surface area contributed by atoms with Crippen molar-refractivity contribution in [2.24, 2.45) is 10.7 Å². The Kier molecular flexibility index (Phi) is 4.37. The van der Waals surface area contributed by atoms with E-state index in [4.69, 9.17) is 24.3 Å². The number of ether oxygens (including phenoxy) is 2. The molecular formula is C11H19BrN5O5PS. The zero-order chi connectivity index (χ0) is 17.1. The zero-order valence-electron chi connectivity index (χ0n) is 12.7. The van der Waals surface area contributed by atoms with Crippen LogP contribution in [0.2, 0.25) is 0 Å². The summed E-state index contributed by atoms with van der Waals surface area (Å²) in [6, 6.07) is 0. The molecule has 5 atom stereocenters. The molecule has 5 N–H and O–H groups in total. The zero-order valence-corrected chi connectivity index (χ0v) is 16.2. The van der Waals surface area contributed by atoms with E-state index in [0.717, 1.165) is 5.82 Å². The molecule has 4 aliphatic heterocycles. The van der Waals surface area contributed by atoms with Gasteiger partial charge < -0.3 is 0 Å². The molecule has 2 saturated heterocycles. The molecule has 24 heavy (non-hydrogen) atoms. The third-order valence-electron chi connectivity index (χ3n) is 4.31. The molecule has 0 amide bonds. The molecule has 4 unspecified atom stereocenters. The standard InChI is InChI=1S/C11H19BrN5O5PS/c1-19-7-6-4(2-20-23(18,24)22-6)21-10(7)17-9-5(16-11(17)12)8(13)14-3-15-9/h4,6-7,10-11,15-16,18,23-24H,2-3H2,1H3,(H2,13,14)/t4?,6-,7?,10?,11?/m1/s1. The maximum absolute atomic E-state index is 10.0. The van der Waals surface area contributed by atoms with Gasteiger partial charge in [0.05, 0.1) is 0 Å². The number of nitrogens with one attached hydrogen (secondary N) is 2. The first-order chi connectivity index (χ1) is 11.4. The number of methoxy groups -OCH3 is 1. The second-order valence-corrected chi connectivity index (χ2v) is 9.88. The van der Waals surface area contributed by atoms with Gasteiger partial charge in [-0.05, 0) is 0 Å². The Morgan fingerprint density at radius 3 is 3.12 bits per heavy atom. The predicted octanol–water partition coefficient (Wildman–Crippen LogP) is -0.856. The van der Waals surface area contributed by atoms with Crippen molar-refractivity contribution in [2.45, 2.75) is 29.6 Å². The van der Waals surface area contributed by atoms with Crippen molar-refractivity contribution in [1.82, 2.24) is 15.5 Å². The molecule has 2 fully saturated rings. The van der Waals surface area contributed by atoms with E-state index < -0.39 is 25.6 Å². The number of amidine groups is 1. The van der Waals surface area contributed by atoms with E-state index in [1.165, 1.54) is 0 Å². The first-order valence-corrected chi connectivity index (χ1v) is 11.3. The molecule has 4 rings (SSSR count). The van der Waals surface area contributed by atoms with Crippen molar-refractivity contribution in [3.8, 4) is 0 Å². The fourth-order valence-electron chi connectivity index (χ4n) is 3.27. The van der Waals surface area contributed by atoms with Crippen LogP contribution in [0.3, 0.4) is 0 Å². The van der Waals surface area contributed by atoms with E-state index in [1.807, 2.05) is 4.90 Å². The number of hydrogen-bond donors (Lipinski definition) is 5. The topological polar surface area (TPSA) is 123 Å². The molecule has 13 heteroatoms. The van der Waals surface area contributed by atoms with Crippen molar-refractivity contribution < 1.29 is 23.4 Å². The Hall–Kier alpha value is -0.330. The molecule has 10 nitrogen and oxygen atoms in total. The van der Waals surface area contributed by atoms with Gasteiger partial charge in [-0.15, -0.1) is 0 Å². The molecule has 0 spiro atoms. The van der Waals surface area contributed by atoms with Crippen molar-refractivity contribution in [3.63, 3.8) is 0 Å². The van der Waals surface area contributed by atoms with Crippen LogP contribution in [0.5, 0.6) is 0 Å². The summed E-state index contributed by atoms with van der Waals surface area (Å²) in [5.41, 5.74) is 6.65. The van der Waals surface area contributed by atoms with Gasteiger partial charge in [-0.3, -0.25) is 0 Å². The summed E-state index contributed by atoms with van der Waals surface area (Å²) in [5, 5.41) is 6.14. The van der Waals surface area contributed by atoms with Gasteiger partial charge in [0.2, 0.25) is 0 Å². The van der Waals surface area contributed by atoms with Gasteiger partial charge in [-0.1, -0.05) is 0 Å². The average molecular weight is 444 g/mol. The van der Waals surface area contributed by atoms with E-state index >= 15 is 0 Å². The van der Waals surface area contributed by atoms with Crippen LogP contribution in [0.15, 0.2) is 16.5 Å². The van der Waals surface area contributed by atoms with E-state index in [9.17, 15) is 4.89 Å². The molecule has 4 heterocycles. The van der Waals surface area contributed by atoms with E-state index in [1.54, 1.807) is 7.11 Å². The van der Waals surface area contributed by atoms with Gasteiger partial charge in [0.25, 0.3) is 0 Å². The summed E-state index contributed by atoms with van der Waals surface area (Å²) < 4.78 is 22.6. The minimum atomic E-state index is -3.44. The van der Waals surface area contributed by atoms with Crippen LogP contribution in [-0.4, -0.2) is 65.6 Å². The second-order valence-electron chi connectivity index (χ2n) is 5.70. The second kappa shape index (κ2) is 6.13. The van der Waals surface area contributed by atoms with Gasteiger partial charge >= 0.3 is 152 Å². The van der Waals surface area contributed by atoms with Crippen LogP contribution in [-0.2, 0) is 18.5 Å². The molecule has 0 radical (unpaired) electrons. The maximum atomic E-state index is 10.0. The number of alkyl halides is 1. The van der Waals surface area contributed by atoms with Crippen molar-refractivity contribution in [3.05, 3.63) is 11.5 Å². The fourth-order valence-corrected chi connectivity index (χ4v) is 5.62. The van der Waals surface area contributed by atoms with Gasteiger partial charge in [0.15, 0.2) is 0 Å². The van der Waals surface area contributed by atoms with E-state index in [0.29, 0.717) is 18.2 Å². The monoisotopic (exact) mass is 443 g/mol. The molecule has 0 bridgehead atoms. The quantitative estimate of drug-likeness (QED) is 0.160. The van der Waals surface area contributed by atoms with Crippen LogP contribution in [0.1, 0.15) is 0 Å². The Labute approximate surface area is 152 Å². The molecule has 0 saturated carbocycles. The third kappa shape index (κ3) is 2.69. The number of fused-ring (bicyclic) bond motifs is 1. The van der Waals surface area contributed by atoms with E-state index in [2.05, 4.69) is 43.8 Å². The van der Waals surface area contributed by atoms with Gasteiger partial charge in [-0.25, -0.2) is 0 Å². The van der Waals surface area contributed by atoms with Crippen molar-refractivity contribution in [1.29, 1.82) is 0 Å². The van der Waals surface area contributed by atoms with Crippen molar-refractivity contribution >= 4 is 41.2 Å². The summed E-state index contributed by atoms with van der Waals surface area (Å²) in [5.74, 6) is 1.20. The van der Waals surface area contributed by atoms with Crippen molar-refractivity contribution in [2.75, 3.05) is 20.4 Å². The molecule has 0 aliphatic carbocycles. The normalized spacial score (nSPS) is 41.9. The van der Waals surface area contributed by atoms with Crippen LogP contribution in [0, 0.1) is 0 Å². The number of thiol groups is 1. The SMILES string of the molecule is COC1C(N2C3=C(NC2Br)C(N)=NCN3)OC2CO[PH](O)(S)O[C@H]21. The van der Waals surface area contributed by atoms with Gasteiger partial charge in [0.1, 0.15) is 0 Å². The number of nitrogens with zero attached hydrogens (tertiary/aromatic N) is 2. The van der Waals surface area contributed by atoms with Crippen LogP contribution < -0.4 is 16.4 Å². The van der Waals surface area contributed by atoms with Crippen LogP contribution in [0.25, 0.3) is 0 Å². The summed E-state index contributed by atoms with van der Waals surface area (Å²) >= 11 is 7.64. The summed E-state index contributed by atoms with van der Waals surface area (Å²) in [6.07, 6.45) is -1.76. The Bertz CT molecular complexity index is 609. The molecule has 0 aromatic heterocycles. The Morgan fingerprint density at radius 1 is 1.58 bits per heavy atom. The van der Waals surface area contributed by atoms with E-state index in [-0.39, 0.29) is 17.8 Å². The number of hydrogen-bond acceptors (Lipinski definition) is 11. The fraction of sp³-hybridized carbons (Fsp3) is 0.727. The average Bonchev–Trinajstić information content (AvgIpc) is 3.03. The molecule has 0 aromatic carbocycles. The Balaban J connectivity index is 1.63. The van der Waals surface area contributed by atoms with Gasteiger partial charge in [-0.2, -0.15) is 0 Å². The molecule has 4 aliphatic rings. The third-order valence-corrected chi connectivity index (χ3v) is 6.81.